The van der Waals surface area contributed by atoms with Gasteiger partial charge >= 0.3 is 0 Å². The third kappa shape index (κ3) is 3.20. The summed E-state index contributed by atoms with van der Waals surface area (Å²) in [6.07, 6.45) is 0. The van der Waals surface area contributed by atoms with E-state index in [9.17, 15) is 0 Å². The van der Waals surface area contributed by atoms with Gasteiger partial charge in [-0.2, -0.15) is 4.98 Å². The average Bonchev–Trinajstić information content (AvgIpc) is 3.02. The maximum Gasteiger partial charge on any atom is 0.253 e. The van der Waals surface area contributed by atoms with Crippen molar-refractivity contribution in [1.29, 1.82) is 0 Å². The Kier molecular flexibility index (Phi) is 4.42. The van der Waals surface area contributed by atoms with Gasteiger partial charge in [-0.1, -0.05) is 23.4 Å². The molecule has 0 fully saturated rings. The number of hydrogen-bond donors (Lipinski definition) is 0. The molecule has 0 saturated heterocycles. The van der Waals surface area contributed by atoms with Gasteiger partial charge < -0.3 is 4.74 Å². The predicted octanol–water partition coefficient (Wildman–Crippen LogP) is 4.24. The Morgan fingerprint density at radius 1 is 1.12 bits per heavy atom. The Balaban J connectivity index is 1.61. The quantitative estimate of drug-likeness (QED) is 0.386. The van der Waals surface area contributed by atoms with E-state index in [0.29, 0.717) is 21.8 Å². The zero-order valence-electron chi connectivity index (χ0n) is 14.5. The Bertz CT molecular complexity index is 1130. The SMILES string of the molecule is COc1ccc2cc(CSc3nc4nc(C)cc(C)n4n3)c(Cl)nc2c1. The molecular weight excluding hydrogens is 370 g/mol. The second-order valence-electron chi connectivity index (χ2n) is 5.93. The van der Waals surface area contributed by atoms with Gasteiger partial charge in [-0.3, -0.25) is 0 Å². The fourth-order valence-corrected chi connectivity index (χ4v) is 3.83. The maximum absolute atomic E-state index is 6.37. The smallest absolute Gasteiger partial charge is 0.253 e. The standard InChI is InChI=1S/C18H16ClN5OS/c1-10-6-11(2)24-17(20-10)22-18(23-24)26-9-13-7-12-4-5-14(25-3)8-15(12)21-16(13)19/h4-8H,9H2,1-3H3. The van der Waals surface area contributed by atoms with Crippen LogP contribution < -0.4 is 4.74 Å². The van der Waals surface area contributed by atoms with Crippen LogP contribution in [-0.2, 0) is 5.75 Å². The molecule has 0 radical (unpaired) electrons. The van der Waals surface area contributed by atoms with Gasteiger partial charge in [-0.25, -0.2) is 14.5 Å². The molecule has 0 bridgehead atoms. The van der Waals surface area contributed by atoms with E-state index in [-0.39, 0.29) is 0 Å². The molecule has 26 heavy (non-hydrogen) atoms. The van der Waals surface area contributed by atoms with Gasteiger partial charge in [-0.05, 0) is 38.1 Å². The van der Waals surface area contributed by atoms with Crippen molar-refractivity contribution in [3.05, 3.63) is 52.4 Å². The highest BCUT2D eigenvalue weighted by atomic mass is 35.5. The highest BCUT2D eigenvalue weighted by Gasteiger charge is 2.11. The van der Waals surface area contributed by atoms with Crippen molar-refractivity contribution in [3.63, 3.8) is 0 Å². The van der Waals surface area contributed by atoms with Crippen LogP contribution in [0.2, 0.25) is 5.15 Å². The minimum absolute atomic E-state index is 0.479. The van der Waals surface area contributed by atoms with Crippen molar-refractivity contribution < 1.29 is 4.74 Å². The lowest BCUT2D eigenvalue weighted by Gasteiger charge is -2.06. The highest BCUT2D eigenvalue weighted by molar-refractivity contribution is 7.98. The number of pyridine rings is 1. The summed E-state index contributed by atoms with van der Waals surface area (Å²) in [6.45, 7) is 3.94. The number of aromatic nitrogens is 5. The summed E-state index contributed by atoms with van der Waals surface area (Å²) in [5.41, 5.74) is 3.68. The van der Waals surface area contributed by atoms with Crippen LogP contribution in [0, 0.1) is 13.8 Å². The van der Waals surface area contributed by atoms with Crippen molar-refractivity contribution in [2.45, 2.75) is 24.8 Å². The molecule has 0 spiro atoms. The average molecular weight is 386 g/mol. The molecule has 0 unspecified atom stereocenters. The van der Waals surface area contributed by atoms with Gasteiger partial charge in [-0.15, -0.1) is 5.10 Å². The van der Waals surface area contributed by atoms with Crippen molar-refractivity contribution >= 4 is 40.0 Å². The second kappa shape index (κ2) is 6.74. The second-order valence-corrected chi connectivity index (χ2v) is 7.23. The molecule has 1 aromatic carbocycles. The third-order valence-corrected chi connectivity index (χ3v) is 5.22. The lowest BCUT2D eigenvalue weighted by Crippen LogP contribution is -1.97. The van der Waals surface area contributed by atoms with E-state index >= 15 is 0 Å². The first-order valence-electron chi connectivity index (χ1n) is 8.00. The first kappa shape index (κ1) is 17.1. The predicted molar refractivity (Wildman–Crippen MR) is 103 cm³/mol. The number of methoxy groups -OCH3 is 1. The molecule has 0 aliphatic heterocycles. The Morgan fingerprint density at radius 3 is 2.77 bits per heavy atom. The van der Waals surface area contributed by atoms with Gasteiger partial charge in [0, 0.05) is 34.2 Å². The van der Waals surface area contributed by atoms with Crippen molar-refractivity contribution in [2.75, 3.05) is 7.11 Å². The summed E-state index contributed by atoms with van der Waals surface area (Å²) in [4.78, 5) is 13.4. The minimum atomic E-state index is 0.479. The van der Waals surface area contributed by atoms with Crippen LogP contribution in [0.15, 0.2) is 35.5 Å². The number of aryl methyl sites for hydroxylation is 2. The molecule has 0 atom stereocenters. The van der Waals surface area contributed by atoms with Gasteiger partial charge in [0.15, 0.2) is 0 Å². The molecule has 0 N–H and O–H groups in total. The molecule has 6 nitrogen and oxygen atoms in total. The zero-order chi connectivity index (χ0) is 18.3. The molecule has 0 amide bonds. The first-order valence-corrected chi connectivity index (χ1v) is 9.37. The molecule has 0 aliphatic rings. The number of thioether (sulfide) groups is 1. The summed E-state index contributed by atoms with van der Waals surface area (Å²) < 4.78 is 6.98. The van der Waals surface area contributed by atoms with E-state index in [2.05, 4.69) is 20.1 Å². The molecular formula is C18H16ClN5OS. The van der Waals surface area contributed by atoms with Gasteiger partial charge in [0.1, 0.15) is 10.9 Å². The zero-order valence-corrected chi connectivity index (χ0v) is 16.1. The fourth-order valence-electron chi connectivity index (χ4n) is 2.75. The summed E-state index contributed by atoms with van der Waals surface area (Å²) >= 11 is 7.88. The first-order chi connectivity index (χ1) is 12.5. The van der Waals surface area contributed by atoms with Crippen molar-refractivity contribution in [1.82, 2.24) is 24.6 Å². The highest BCUT2D eigenvalue weighted by Crippen LogP contribution is 2.28. The van der Waals surface area contributed by atoms with Gasteiger partial charge in [0.25, 0.3) is 5.78 Å². The molecule has 0 saturated carbocycles. The normalized spacial score (nSPS) is 11.4. The number of fused-ring (bicyclic) bond motifs is 2. The van der Waals surface area contributed by atoms with Crippen LogP contribution in [0.25, 0.3) is 16.7 Å². The number of rotatable bonds is 4. The monoisotopic (exact) mass is 385 g/mol. The van der Waals surface area contributed by atoms with Gasteiger partial charge in [0.05, 0.1) is 12.6 Å². The van der Waals surface area contributed by atoms with E-state index < -0.39 is 0 Å². The van der Waals surface area contributed by atoms with E-state index in [1.165, 1.54) is 11.8 Å². The van der Waals surface area contributed by atoms with E-state index in [0.717, 1.165) is 33.6 Å². The van der Waals surface area contributed by atoms with Crippen LogP contribution in [-0.4, -0.2) is 31.7 Å². The Hall–Kier alpha value is -2.38. The summed E-state index contributed by atoms with van der Waals surface area (Å²) in [7, 11) is 1.63. The molecule has 3 heterocycles. The minimum Gasteiger partial charge on any atom is -0.497 e. The molecule has 0 aliphatic carbocycles. The lowest BCUT2D eigenvalue weighted by molar-refractivity contribution is 0.415. The Morgan fingerprint density at radius 2 is 1.96 bits per heavy atom. The number of nitrogens with zero attached hydrogens (tertiary/aromatic N) is 5. The lowest BCUT2D eigenvalue weighted by atomic mass is 10.1. The van der Waals surface area contributed by atoms with Crippen molar-refractivity contribution in [2.24, 2.45) is 0 Å². The van der Waals surface area contributed by atoms with Crippen LogP contribution in [0.1, 0.15) is 17.0 Å². The van der Waals surface area contributed by atoms with Crippen molar-refractivity contribution in [3.8, 4) is 5.75 Å². The van der Waals surface area contributed by atoms with Gasteiger partial charge in [0.2, 0.25) is 5.16 Å². The number of hydrogen-bond acceptors (Lipinski definition) is 6. The number of halogens is 1. The number of ether oxygens (including phenoxy) is 1. The fraction of sp³-hybridized carbons (Fsp3) is 0.222. The number of benzene rings is 1. The summed E-state index contributed by atoms with van der Waals surface area (Å²) in [5, 5.41) is 6.67. The topological polar surface area (TPSA) is 65.2 Å². The Labute approximate surface area is 159 Å². The molecule has 3 aromatic heterocycles. The maximum atomic E-state index is 6.37. The molecule has 8 heteroatoms. The summed E-state index contributed by atoms with van der Waals surface area (Å²) in [5.74, 6) is 2.00. The molecule has 4 rings (SSSR count). The van der Waals surface area contributed by atoms with E-state index in [4.69, 9.17) is 16.3 Å². The van der Waals surface area contributed by atoms with E-state index in [1.807, 2.05) is 44.2 Å². The van der Waals surface area contributed by atoms with E-state index in [1.54, 1.807) is 11.6 Å². The van der Waals surface area contributed by atoms with Crippen LogP contribution >= 0.6 is 23.4 Å². The molecule has 4 aromatic rings. The summed E-state index contributed by atoms with van der Waals surface area (Å²) in [6, 6.07) is 9.79. The largest absolute Gasteiger partial charge is 0.497 e. The van der Waals surface area contributed by atoms with Crippen LogP contribution in [0.5, 0.6) is 5.75 Å². The third-order valence-electron chi connectivity index (χ3n) is 4.01. The van der Waals surface area contributed by atoms with Crippen LogP contribution in [0.4, 0.5) is 0 Å². The molecule has 132 valence electrons. The van der Waals surface area contributed by atoms with Crippen LogP contribution in [0.3, 0.4) is 0 Å².